The van der Waals surface area contributed by atoms with E-state index in [0.29, 0.717) is 17.2 Å². The minimum absolute atomic E-state index is 0.188. The largest absolute Gasteiger partial charge is 0.493 e. The number of aliphatic hydroxyl groups excluding tert-OH is 1. The average molecular weight is 268 g/mol. The molecule has 19 heavy (non-hydrogen) atoms. The first-order valence-electron chi connectivity index (χ1n) is 6.56. The van der Waals surface area contributed by atoms with Gasteiger partial charge in [0.15, 0.2) is 11.5 Å². The van der Waals surface area contributed by atoms with Crippen molar-refractivity contribution in [1.82, 2.24) is 0 Å². The summed E-state index contributed by atoms with van der Waals surface area (Å²) in [4.78, 5) is 0. The van der Waals surface area contributed by atoms with Gasteiger partial charge in [0.25, 0.3) is 0 Å². The van der Waals surface area contributed by atoms with Crippen molar-refractivity contribution in [1.29, 1.82) is 0 Å². The highest BCUT2D eigenvalue weighted by Gasteiger charge is 2.20. The molecule has 0 radical (unpaired) electrons. The van der Waals surface area contributed by atoms with Crippen molar-refractivity contribution in [3.05, 3.63) is 17.7 Å². The molecule has 2 unspecified atom stereocenters. The van der Waals surface area contributed by atoms with Crippen LogP contribution < -0.4 is 14.2 Å². The summed E-state index contributed by atoms with van der Waals surface area (Å²) in [6.45, 7) is 4.15. The van der Waals surface area contributed by atoms with E-state index < -0.39 is 6.10 Å². The summed E-state index contributed by atoms with van der Waals surface area (Å²) in [7, 11) is 4.71. The average Bonchev–Trinajstić information content (AvgIpc) is 2.44. The molecule has 108 valence electrons. The van der Waals surface area contributed by atoms with Crippen molar-refractivity contribution in [3.63, 3.8) is 0 Å². The molecule has 0 saturated heterocycles. The molecule has 0 fully saturated rings. The van der Waals surface area contributed by atoms with Crippen molar-refractivity contribution in [3.8, 4) is 17.2 Å². The van der Waals surface area contributed by atoms with Crippen molar-refractivity contribution < 1.29 is 19.3 Å². The lowest BCUT2D eigenvalue weighted by Gasteiger charge is -2.21. The van der Waals surface area contributed by atoms with Crippen LogP contribution in [0, 0.1) is 5.92 Å². The second-order valence-electron chi connectivity index (χ2n) is 4.67. The lowest BCUT2D eigenvalue weighted by atomic mass is 9.93. The molecule has 0 aromatic heterocycles. The summed E-state index contributed by atoms with van der Waals surface area (Å²) < 4.78 is 15.9. The molecule has 1 rings (SSSR count). The Kier molecular flexibility index (Phi) is 5.96. The molecule has 1 N–H and O–H groups in total. The maximum absolute atomic E-state index is 10.4. The fourth-order valence-corrected chi connectivity index (χ4v) is 2.21. The van der Waals surface area contributed by atoms with Crippen LogP contribution in [-0.2, 0) is 0 Å². The highest BCUT2D eigenvalue weighted by Crippen LogP contribution is 2.41. The number of aliphatic hydroxyl groups is 1. The Hall–Kier alpha value is -1.42. The lowest BCUT2D eigenvalue weighted by molar-refractivity contribution is 0.111. The monoisotopic (exact) mass is 268 g/mol. The molecular weight excluding hydrogens is 244 g/mol. The van der Waals surface area contributed by atoms with Gasteiger partial charge in [-0.25, -0.2) is 0 Å². The summed E-state index contributed by atoms with van der Waals surface area (Å²) in [6, 6.07) is 3.61. The van der Waals surface area contributed by atoms with Gasteiger partial charge in [0, 0.05) is 0 Å². The maximum Gasteiger partial charge on any atom is 0.203 e. The molecule has 4 nitrogen and oxygen atoms in total. The van der Waals surface area contributed by atoms with Gasteiger partial charge in [-0.15, -0.1) is 0 Å². The fraction of sp³-hybridized carbons (Fsp3) is 0.600. The van der Waals surface area contributed by atoms with Gasteiger partial charge >= 0.3 is 0 Å². The topological polar surface area (TPSA) is 47.9 Å². The number of ether oxygens (including phenoxy) is 3. The normalized spacial score (nSPS) is 13.8. The Labute approximate surface area is 115 Å². The summed E-state index contributed by atoms with van der Waals surface area (Å²) in [5.41, 5.74) is 0.787. The van der Waals surface area contributed by atoms with E-state index in [2.05, 4.69) is 6.92 Å². The summed E-state index contributed by atoms with van der Waals surface area (Å²) in [5, 5.41) is 10.4. The second-order valence-corrected chi connectivity index (χ2v) is 4.67. The summed E-state index contributed by atoms with van der Waals surface area (Å²) in [6.07, 6.45) is 1.48. The predicted molar refractivity (Wildman–Crippen MR) is 75.1 cm³/mol. The molecule has 0 aliphatic carbocycles. The van der Waals surface area contributed by atoms with Crippen molar-refractivity contribution in [2.45, 2.75) is 32.8 Å². The van der Waals surface area contributed by atoms with E-state index in [-0.39, 0.29) is 5.92 Å². The Balaban J connectivity index is 3.15. The van der Waals surface area contributed by atoms with Gasteiger partial charge < -0.3 is 19.3 Å². The smallest absolute Gasteiger partial charge is 0.203 e. The molecule has 4 heteroatoms. The number of hydrogen-bond donors (Lipinski definition) is 1. The fourth-order valence-electron chi connectivity index (χ4n) is 2.21. The Morgan fingerprint density at radius 3 is 1.95 bits per heavy atom. The zero-order valence-electron chi connectivity index (χ0n) is 12.4. The zero-order chi connectivity index (χ0) is 14.4. The highest BCUT2D eigenvalue weighted by molar-refractivity contribution is 5.54. The van der Waals surface area contributed by atoms with Crippen LogP contribution in [0.25, 0.3) is 0 Å². The third-order valence-corrected chi connectivity index (χ3v) is 3.31. The van der Waals surface area contributed by atoms with Crippen LogP contribution in [0.15, 0.2) is 12.1 Å². The third kappa shape index (κ3) is 3.53. The molecule has 0 bridgehead atoms. The van der Waals surface area contributed by atoms with Crippen molar-refractivity contribution in [2.24, 2.45) is 5.92 Å². The molecule has 1 aromatic carbocycles. The lowest BCUT2D eigenvalue weighted by Crippen LogP contribution is -2.10. The van der Waals surface area contributed by atoms with E-state index in [1.807, 2.05) is 6.92 Å². The summed E-state index contributed by atoms with van der Waals surface area (Å²) >= 11 is 0. The Morgan fingerprint density at radius 1 is 1.05 bits per heavy atom. The Bertz CT molecular complexity index is 378. The van der Waals surface area contributed by atoms with Gasteiger partial charge in [-0.2, -0.15) is 0 Å². The molecule has 0 saturated carbocycles. The number of hydrogen-bond acceptors (Lipinski definition) is 4. The summed E-state index contributed by atoms with van der Waals surface area (Å²) in [5.74, 6) is 1.87. The first-order chi connectivity index (χ1) is 9.08. The zero-order valence-corrected chi connectivity index (χ0v) is 12.4. The van der Waals surface area contributed by atoms with E-state index in [1.54, 1.807) is 33.5 Å². The molecule has 0 amide bonds. The molecule has 0 heterocycles. The minimum atomic E-state index is -0.534. The van der Waals surface area contributed by atoms with E-state index in [1.165, 1.54) is 0 Å². The van der Waals surface area contributed by atoms with Gasteiger partial charge in [-0.3, -0.25) is 0 Å². The number of methoxy groups -OCH3 is 3. The quantitative estimate of drug-likeness (QED) is 0.825. The van der Waals surface area contributed by atoms with Gasteiger partial charge in [0.2, 0.25) is 5.75 Å². The molecule has 0 spiro atoms. The van der Waals surface area contributed by atoms with Crippen LogP contribution in [0.3, 0.4) is 0 Å². The van der Waals surface area contributed by atoms with Crippen LogP contribution in [0.4, 0.5) is 0 Å². The maximum atomic E-state index is 10.4. The van der Waals surface area contributed by atoms with Gasteiger partial charge in [-0.1, -0.05) is 20.3 Å². The van der Waals surface area contributed by atoms with E-state index >= 15 is 0 Å². The first kappa shape index (κ1) is 15.6. The highest BCUT2D eigenvalue weighted by atomic mass is 16.5. The number of benzene rings is 1. The standard InChI is InChI=1S/C15H24O4/c1-6-7-10(2)14(16)11-8-12(17-3)15(19-5)13(9-11)18-4/h8-10,14,16H,6-7H2,1-5H3. The van der Waals surface area contributed by atoms with Gasteiger partial charge in [0.1, 0.15) is 0 Å². The molecular formula is C15H24O4. The SMILES string of the molecule is CCCC(C)C(O)c1cc(OC)c(OC)c(OC)c1. The predicted octanol–water partition coefficient (Wildman–Crippen LogP) is 3.18. The molecule has 1 aromatic rings. The van der Waals surface area contributed by atoms with Crippen molar-refractivity contribution >= 4 is 0 Å². The van der Waals surface area contributed by atoms with Crippen molar-refractivity contribution in [2.75, 3.05) is 21.3 Å². The van der Waals surface area contributed by atoms with Gasteiger partial charge in [0.05, 0.1) is 27.4 Å². The van der Waals surface area contributed by atoms with Crippen LogP contribution in [0.1, 0.15) is 38.4 Å². The second kappa shape index (κ2) is 7.24. The third-order valence-electron chi connectivity index (χ3n) is 3.31. The van der Waals surface area contributed by atoms with E-state index in [0.717, 1.165) is 18.4 Å². The Morgan fingerprint density at radius 2 is 1.58 bits per heavy atom. The van der Waals surface area contributed by atoms with Crippen LogP contribution in [-0.4, -0.2) is 26.4 Å². The number of rotatable bonds is 7. The van der Waals surface area contributed by atoms with Crippen LogP contribution in [0.5, 0.6) is 17.2 Å². The van der Waals surface area contributed by atoms with Crippen LogP contribution >= 0.6 is 0 Å². The van der Waals surface area contributed by atoms with Gasteiger partial charge in [-0.05, 0) is 30.0 Å². The van der Waals surface area contributed by atoms with E-state index in [9.17, 15) is 5.11 Å². The van der Waals surface area contributed by atoms with Crippen LogP contribution in [0.2, 0.25) is 0 Å². The molecule has 2 atom stereocenters. The minimum Gasteiger partial charge on any atom is -0.493 e. The van der Waals surface area contributed by atoms with E-state index in [4.69, 9.17) is 14.2 Å². The molecule has 0 aliphatic rings. The first-order valence-corrected chi connectivity index (χ1v) is 6.56. The molecule has 0 aliphatic heterocycles.